The van der Waals surface area contributed by atoms with E-state index in [1.807, 2.05) is 6.08 Å². The fourth-order valence-electron chi connectivity index (χ4n) is 2.38. The van der Waals surface area contributed by atoms with Gasteiger partial charge < -0.3 is 9.47 Å². The van der Waals surface area contributed by atoms with E-state index in [-0.39, 0.29) is 18.2 Å². The lowest BCUT2D eigenvalue weighted by atomic mass is 10.1. The SMILES string of the molecule is CCCCC1=C[C@@H](OC2CCCCO2)CC1=O. The molecule has 3 nitrogen and oxygen atoms in total. The average Bonchev–Trinajstić information content (AvgIpc) is 2.68. The summed E-state index contributed by atoms with van der Waals surface area (Å²) in [6.07, 6.45) is 8.75. The van der Waals surface area contributed by atoms with Crippen molar-refractivity contribution in [1.82, 2.24) is 0 Å². The van der Waals surface area contributed by atoms with Crippen molar-refractivity contribution in [3.63, 3.8) is 0 Å². The highest BCUT2D eigenvalue weighted by molar-refractivity contribution is 5.98. The maximum absolute atomic E-state index is 11.7. The number of ether oxygens (including phenoxy) is 2. The molecule has 0 spiro atoms. The maximum atomic E-state index is 11.7. The Labute approximate surface area is 103 Å². The molecule has 2 atom stereocenters. The van der Waals surface area contributed by atoms with Gasteiger partial charge in [-0.05, 0) is 43.8 Å². The van der Waals surface area contributed by atoms with Gasteiger partial charge in [-0.2, -0.15) is 0 Å². The molecular weight excluding hydrogens is 216 g/mol. The standard InChI is InChI=1S/C14H22O3/c1-2-3-6-11-9-12(10-13(11)15)17-14-7-4-5-8-16-14/h9,12,14H,2-8,10H2,1H3/t12-,14?/m1/s1. The Bertz CT molecular complexity index is 290. The zero-order valence-corrected chi connectivity index (χ0v) is 10.6. The molecule has 1 aliphatic carbocycles. The van der Waals surface area contributed by atoms with E-state index in [4.69, 9.17) is 9.47 Å². The number of ketones is 1. The molecular formula is C14H22O3. The van der Waals surface area contributed by atoms with Gasteiger partial charge in [0.05, 0.1) is 6.10 Å². The molecule has 0 bridgehead atoms. The van der Waals surface area contributed by atoms with E-state index in [2.05, 4.69) is 6.92 Å². The lowest BCUT2D eigenvalue weighted by Crippen LogP contribution is -2.26. The molecule has 96 valence electrons. The van der Waals surface area contributed by atoms with Crippen molar-refractivity contribution in [2.75, 3.05) is 6.61 Å². The first-order valence-corrected chi connectivity index (χ1v) is 6.80. The van der Waals surface area contributed by atoms with Crippen molar-refractivity contribution in [3.8, 4) is 0 Å². The van der Waals surface area contributed by atoms with Gasteiger partial charge in [0.2, 0.25) is 0 Å². The number of carbonyl (C=O) groups excluding carboxylic acids is 1. The van der Waals surface area contributed by atoms with Crippen LogP contribution < -0.4 is 0 Å². The normalized spacial score (nSPS) is 29.5. The second-order valence-corrected chi connectivity index (χ2v) is 4.89. The van der Waals surface area contributed by atoms with Gasteiger partial charge in [0.1, 0.15) is 0 Å². The first-order valence-electron chi connectivity index (χ1n) is 6.80. The minimum atomic E-state index is -0.0941. The van der Waals surface area contributed by atoms with Crippen LogP contribution in [0.3, 0.4) is 0 Å². The highest BCUT2D eigenvalue weighted by Crippen LogP contribution is 2.25. The zero-order chi connectivity index (χ0) is 12.1. The van der Waals surface area contributed by atoms with E-state index < -0.39 is 0 Å². The van der Waals surface area contributed by atoms with E-state index >= 15 is 0 Å². The van der Waals surface area contributed by atoms with Crippen molar-refractivity contribution in [2.24, 2.45) is 0 Å². The third kappa shape index (κ3) is 3.65. The molecule has 0 aromatic rings. The molecule has 0 N–H and O–H groups in total. The number of hydrogen-bond acceptors (Lipinski definition) is 3. The van der Waals surface area contributed by atoms with E-state index in [1.54, 1.807) is 0 Å². The average molecular weight is 238 g/mol. The molecule has 1 saturated heterocycles. The first-order chi connectivity index (χ1) is 8.29. The molecule has 1 unspecified atom stereocenters. The van der Waals surface area contributed by atoms with Gasteiger partial charge in [0.25, 0.3) is 0 Å². The molecule has 0 radical (unpaired) electrons. The summed E-state index contributed by atoms with van der Waals surface area (Å²) in [6.45, 7) is 2.93. The van der Waals surface area contributed by atoms with Crippen LogP contribution in [0, 0.1) is 0 Å². The zero-order valence-electron chi connectivity index (χ0n) is 10.6. The Morgan fingerprint density at radius 3 is 3.06 bits per heavy atom. The smallest absolute Gasteiger partial charge is 0.161 e. The van der Waals surface area contributed by atoms with Crippen LogP contribution in [-0.4, -0.2) is 24.8 Å². The van der Waals surface area contributed by atoms with E-state index in [1.165, 1.54) is 0 Å². The summed E-state index contributed by atoms with van der Waals surface area (Å²) in [5.74, 6) is 0.263. The van der Waals surface area contributed by atoms with Crippen LogP contribution in [0.4, 0.5) is 0 Å². The summed E-state index contributed by atoms with van der Waals surface area (Å²) in [4.78, 5) is 11.7. The molecule has 0 aromatic carbocycles. The van der Waals surface area contributed by atoms with E-state index in [9.17, 15) is 4.79 Å². The predicted octanol–water partition coefficient (Wildman–Crippen LogP) is 2.99. The number of Topliss-reactive ketones (excluding diaryl/α,β-unsaturated/α-hetero) is 1. The monoisotopic (exact) mass is 238 g/mol. The molecule has 1 heterocycles. The molecule has 3 heteroatoms. The Morgan fingerprint density at radius 2 is 2.35 bits per heavy atom. The topological polar surface area (TPSA) is 35.5 Å². The molecule has 0 aromatic heterocycles. The fourth-order valence-corrected chi connectivity index (χ4v) is 2.38. The number of carbonyl (C=O) groups is 1. The van der Waals surface area contributed by atoms with Crippen molar-refractivity contribution < 1.29 is 14.3 Å². The molecule has 1 aliphatic heterocycles. The number of rotatable bonds is 5. The summed E-state index contributed by atoms with van der Waals surface area (Å²) in [5.41, 5.74) is 0.965. The lowest BCUT2D eigenvalue weighted by Gasteiger charge is -2.24. The molecule has 0 amide bonds. The van der Waals surface area contributed by atoms with Crippen molar-refractivity contribution in [1.29, 1.82) is 0 Å². The Morgan fingerprint density at radius 1 is 1.47 bits per heavy atom. The van der Waals surface area contributed by atoms with Gasteiger partial charge in [-0.25, -0.2) is 0 Å². The minimum Gasteiger partial charge on any atom is -0.353 e. The summed E-state index contributed by atoms with van der Waals surface area (Å²) in [7, 11) is 0. The summed E-state index contributed by atoms with van der Waals surface area (Å²) in [5, 5.41) is 0. The van der Waals surface area contributed by atoms with Crippen LogP contribution in [0.1, 0.15) is 51.9 Å². The summed E-state index contributed by atoms with van der Waals surface area (Å²) in [6, 6.07) is 0. The Balaban J connectivity index is 1.81. The van der Waals surface area contributed by atoms with Crippen LogP contribution >= 0.6 is 0 Å². The molecule has 17 heavy (non-hydrogen) atoms. The molecule has 2 rings (SSSR count). The van der Waals surface area contributed by atoms with Crippen molar-refractivity contribution >= 4 is 5.78 Å². The van der Waals surface area contributed by atoms with Gasteiger partial charge in [-0.15, -0.1) is 0 Å². The van der Waals surface area contributed by atoms with E-state index in [0.717, 1.165) is 50.7 Å². The maximum Gasteiger partial charge on any atom is 0.161 e. The largest absolute Gasteiger partial charge is 0.353 e. The minimum absolute atomic E-state index is 0.0440. The fraction of sp³-hybridized carbons (Fsp3) is 0.786. The molecule has 1 fully saturated rings. The Hall–Kier alpha value is -0.670. The number of hydrogen-bond donors (Lipinski definition) is 0. The third-order valence-electron chi connectivity index (χ3n) is 3.40. The second kappa shape index (κ2) is 6.31. The van der Waals surface area contributed by atoms with Gasteiger partial charge in [-0.1, -0.05) is 13.3 Å². The van der Waals surface area contributed by atoms with Gasteiger partial charge in [-0.3, -0.25) is 4.79 Å². The van der Waals surface area contributed by atoms with Crippen LogP contribution in [0.2, 0.25) is 0 Å². The van der Waals surface area contributed by atoms with Gasteiger partial charge in [0, 0.05) is 13.0 Å². The highest BCUT2D eigenvalue weighted by atomic mass is 16.7. The molecule has 2 aliphatic rings. The van der Waals surface area contributed by atoms with Crippen molar-refractivity contribution in [2.45, 2.75) is 64.3 Å². The van der Waals surface area contributed by atoms with Crippen LogP contribution in [0.5, 0.6) is 0 Å². The highest BCUT2D eigenvalue weighted by Gasteiger charge is 2.27. The number of unbranched alkanes of at least 4 members (excludes halogenated alkanes) is 1. The third-order valence-corrected chi connectivity index (χ3v) is 3.40. The van der Waals surface area contributed by atoms with Gasteiger partial charge >= 0.3 is 0 Å². The first kappa shape index (κ1) is 12.8. The van der Waals surface area contributed by atoms with Crippen molar-refractivity contribution in [3.05, 3.63) is 11.6 Å². The predicted molar refractivity (Wildman–Crippen MR) is 65.7 cm³/mol. The molecule has 0 saturated carbocycles. The number of allylic oxidation sites excluding steroid dienone is 1. The van der Waals surface area contributed by atoms with Gasteiger partial charge in [0.15, 0.2) is 12.1 Å². The van der Waals surface area contributed by atoms with Crippen LogP contribution in [0.15, 0.2) is 11.6 Å². The van der Waals surface area contributed by atoms with E-state index in [0.29, 0.717) is 6.42 Å². The van der Waals surface area contributed by atoms with Crippen LogP contribution in [-0.2, 0) is 14.3 Å². The lowest BCUT2D eigenvalue weighted by molar-refractivity contribution is -0.178. The summed E-state index contributed by atoms with van der Waals surface area (Å²) >= 11 is 0. The summed E-state index contributed by atoms with van der Waals surface area (Å²) < 4.78 is 11.3. The second-order valence-electron chi connectivity index (χ2n) is 4.89. The Kier molecular flexibility index (Phi) is 4.75. The quantitative estimate of drug-likeness (QED) is 0.738. The van der Waals surface area contributed by atoms with Crippen LogP contribution in [0.25, 0.3) is 0 Å².